The zero-order valence-corrected chi connectivity index (χ0v) is 13.8. The fourth-order valence-electron chi connectivity index (χ4n) is 3.28. The Kier molecular flexibility index (Phi) is 5.70. The molecule has 1 amide bonds. The lowest BCUT2D eigenvalue weighted by atomic mass is 10.1. The lowest BCUT2D eigenvalue weighted by Crippen LogP contribution is -2.48. The van der Waals surface area contributed by atoms with E-state index in [1.165, 1.54) is 0 Å². The van der Waals surface area contributed by atoms with E-state index in [1.54, 1.807) is 12.3 Å². The van der Waals surface area contributed by atoms with Gasteiger partial charge in [-0.15, -0.1) is 0 Å². The molecule has 0 spiro atoms. The van der Waals surface area contributed by atoms with Gasteiger partial charge in [-0.3, -0.25) is 9.69 Å². The smallest absolute Gasteiger partial charge is 0.257 e. The Morgan fingerprint density at radius 1 is 1.22 bits per heavy atom. The first kappa shape index (κ1) is 16.5. The summed E-state index contributed by atoms with van der Waals surface area (Å²) >= 11 is 0. The highest BCUT2D eigenvalue weighted by Crippen LogP contribution is 2.20. The first-order valence-electron chi connectivity index (χ1n) is 8.48. The summed E-state index contributed by atoms with van der Waals surface area (Å²) in [5.41, 5.74) is 0.679. The second-order valence-corrected chi connectivity index (χ2v) is 6.19. The van der Waals surface area contributed by atoms with Crippen LogP contribution < -0.4 is 0 Å². The van der Waals surface area contributed by atoms with E-state index in [1.807, 2.05) is 11.8 Å². The summed E-state index contributed by atoms with van der Waals surface area (Å²) in [6, 6.07) is 2.03. The molecule has 0 unspecified atom stereocenters. The summed E-state index contributed by atoms with van der Waals surface area (Å²) in [5.74, 6) is 0.773. The highest BCUT2D eigenvalue weighted by atomic mass is 16.5. The van der Waals surface area contributed by atoms with Crippen molar-refractivity contribution in [2.75, 3.05) is 52.6 Å². The summed E-state index contributed by atoms with van der Waals surface area (Å²) in [6.07, 6.45) is 3.41. The zero-order chi connectivity index (χ0) is 16.1. The predicted octanol–water partition coefficient (Wildman–Crippen LogP) is 1.54. The third kappa shape index (κ3) is 4.13. The molecule has 1 aromatic heterocycles. The highest BCUT2D eigenvalue weighted by Gasteiger charge is 2.28. The Morgan fingerprint density at radius 3 is 2.57 bits per heavy atom. The number of carbonyl (C=O) groups excluding carboxylic acids is 1. The van der Waals surface area contributed by atoms with Crippen molar-refractivity contribution in [3.63, 3.8) is 0 Å². The van der Waals surface area contributed by atoms with Crippen LogP contribution in [0.4, 0.5) is 0 Å². The van der Waals surface area contributed by atoms with Crippen LogP contribution >= 0.6 is 0 Å². The van der Waals surface area contributed by atoms with Crippen molar-refractivity contribution in [1.29, 1.82) is 0 Å². The van der Waals surface area contributed by atoms with Gasteiger partial charge in [0, 0.05) is 45.4 Å². The average Bonchev–Trinajstić information content (AvgIpc) is 3.03. The van der Waals surface area contributed by atoms with Crippen LogP contribution in [0, 0.1) is 6.92 Å². The van der Waals surface area contributed by atoms with Crippen LogP contribution in [0.1, 0.15) is 29.0 Å². The molecule has 128 valence electrons. The normalized spacial score (nSPS) is 20.6. The molecule has 0 bridgehead atoms. The van der Waals surface area contributed by atoms with Crippen molar-refractivity contribution in [3.05, 3.63) is 23.7 Å². The molecule has 0 aromatic carbocycles. The lowest BCUT2D eigenvalue weighted by molar-refractivity contribution is 0.0140. The molecule has 0 atom stereocenters. The second-order valence-electron chi connectivity index (χ2n) is 6.19. The SMILES string of the molecule is Cc1occc1C(=O)N(CCN1CCOCC1)C1CCOCC1. The van der Waals surface area contributed by atoms with Crippen molar-refractivity contribution in [3.8, 4) is 0 Å². The Hall–Kier alpha value is -1.37. The molecule has 2 aliphatic heterocycles. The number of ether oxygens (including phenoxy) is 2. The number of carbonyl (C=O) groups is 1. The molecular weight excluding hydrogens is 296 g/mol. The van der Waals surface area contributed by atoms with E-state index in [4.69, 9.17) is 13.9 Å². The van der Waals surface area contributed by atoms with E-state index in [0.29, 0.717) is 11.3 Å². The fourth-order valence-corrected chi connectivity index (χ4v) is 3.28. The number of furan rings is 1. The molecule has 2 saturated heterocycles. The fraction of sp³-hybridized carbons (Fsp3) is 0.706. The van der Waals surface area contributed by atoms with Gasteiger partial charge in [-0.2, -0.15) is 0 Å². The summed E-state index contributed by atoms with van der Waals surface area (Å²) < 4.78 is 16.2. The minimum absolute atomic E-state index is 0.0800. The molecular formula is C17H26N2O4. The first-order chi connectivity index (χ1) is 11.3. The van der Waals surface area contributed by atoms with Crippen LogP contribution in [0.2, 0.25) is 0 Å². The van der Waals surface area contributed by atoms with Gasteiger partial charge in [-0.1, -0.05) is 0 Å². The third-order valence-electron chi connectivity index (χ3n) is 4.74. The Bertz CT molecular complexity index is 504. The molecule has 23 heavy (non-hydrogen) atoms. The monoisotopic (exact) mass is 322 g/mol. The molecule has 0 radical (unpaired) electrons. The summed E-state index contributed by atoms with van der Waals surface area (Å²) in [6.45, 7) is 8.40. The molecule has 6 heteroatoms. The van der Waals surface area contributed by atoms with Gasteiger partial charge in [0.1, 0.15) is 5.76 Å². The maximum atomic E-state index is 13.0. The van der Waals surface area contributed by atoms with Crippen LogP contribution in [0.25, 0.3) is 0 Å². The molecule has 1 aromatic rings. The number of hydrogen-bond acceptors (Lipinski definition) is 5. The molecule has 2 fully saturated rings. The van der Waals surface area contributed by atoms with Crippen molar-refractivity contribution in [2.45, 2.75) is 25.8 Å². The number of rotatable bonds is 5. The van der Waals surface area contributed by atoms with Gasteiger partial charge in [0.05, 0.1) is 25.0 Å². The number of amides is 1. The highest BCUT2D eigenvalue weighted by molar-refractivity contribution is 5.95. The molecule has 3 heterocycles. The molecule has 6 nitrogen and oxygen atoms in total. The van der Waals surface area contributed by atoms with Gasteiger partial charge >= 0.3 is 0 Å². The van der Waals surface area contributed by atoms with Gasteiger partial charge in [0.25, 0.3) is 5.91 Å². The number of aryl methyl sites for hydroxylation is 1. The van der Waals surface area contributed by atoms with Crippen LogP contribution in [-0.2, 0) is 9.47 Å². The van der Waals surface area contributed by atoms with E-state index in [2.05, 4.69) is 4.90 Å². The van der Waals surface area contributed by atoms with Gasteiger partial charge in [-0.25, -0.2) is 0 Å². The zero-order valence-electron chi connectivity index (χ0n) is 13.8. The molecule has 2 aliphatic rings. The van der Waals surface area contributed by atoms with Crippen LogP contribution in [0.5, 0.6) is 0 Å². The van der Waals surface area contributed by atoms with Gasteiger partial charge in [0.2, 0.25) is 0 Å². The van der Waals surface area contributed by atoms with Crippen molar-refractivity contribution in [2.24, 2.45) is 0 Å². The Labute approximate surface area is 137 Å². The summed E-state index contributed by atoms with van der Waals surface area (Å²) in [4.78, 5) is 17.4. The summed E-state index contributed by atoms with van der Waals surface area (Å²) in [5, 5.41) is 0. The standard InChI is InChI=1S/C17H26N2O4/c1-14-16(4-11-23-14)17(20)19(15-2-9-21-10-3-15)6-5-18-7-12-22-13-8-18/h4,11,15H,2-3,5-10,12-13H2,1H3. The molecule has 0 aliphatic carbocycles. The van der Waals surface area contributed by atoms with Gasteiger partial charge in [-0.05, 0) is 25.8 Å². The largest absolute Gasteiger partial charge is 0.469 e. The van der Waals surface area contributed by atoms with E-state index in [9.17, 15) is 4.79 Å². The third-order valence-corrected chi connectivity index (χ3v) is 4.74. The maximum Gasteiger partial charge on any atom is 0.257 e. The van der Waals surface area contributed by atoms with Gasteiger partial charge < -0.3 is 18.8 Å². The quantitative estimate of drug-likeness (QED) is 0.823. The first-order valence-corrected chi connectivity index (χ1v) is 8.48. The molecule has 3 rings (SSSR count). The van der Waals surface area contributed by atoms with Crippen molar-refractivity contribution < 1.29 is 18.7 Å². The minimum Gasteiger partial charge on any atom is -0.469 e. The summed E-state index contributed by atoms with van der Waals surface area (Å²) in [7, 11) is 0. The van der Waals surface area contributed by atoms with Crippen molar-refractivity contribution in [1.82, 2.24) is 9.80 Å². The predicted molar refractivity (Wildman–Crippen MR) is 85.6 cm³/mol. The average molecular weight is 322 g/mol. The topological polar surface area (TPSA) is 55.2 Å². The van der Waals surface area contributed by atoms with Crippen LogP contribution in [0.15, 0.2) is 16.7 Å². The Morgan fingerprint density at radius 2 is 1.91 bits per heavy atom. The number of nitrogens with zero attached hydrogens (tertiary/aromatic N) is 2. The van der Waals surface area contributed by atoms with Crippen molar-refractivity contribution >= 4 is 5.91 Å². The Balaban J connectivity index is 1.67. The minimum atomic E-state index is 0.0800. The van der Waals surface area contributed by atoms with Crippen LogP contribution in [0.3, 0.4) is 0 Å². The molecule has 0 saturated carbocycles. The van der Waals surface area contributed by atoms with E-state index in [-0.39, 0.29) is 11.9 Å². The van der Waals surface area contributed by atoms with E-state index >= 15 is 0 Å². The number of morpholine rings is 1. The molecule has 0 N–H and O–H groups in total. The van der Waals surface area contributed by atoms with Gasteiger partial charge in [0.15, 0.2) is 0 Å². The number of hydrogen-bond donors (Lipinski definition) is 0. The van der Waals surface area contributed by atoms with Crippen LogP contribution in [-0.4, -0.2) is 74.4 Å². The van der Waals surface area contributed by atoms with E-state index in [0.717, 1.165) is 65.4 Å². The lowest BCUT2D eigenvalue weighted by Gasteiger charge is -2.36. The maximum absolute atomic E-state index is 13.0. The second kappa shape index (κ2) is 7.95. The van der Waals surface area contributed by atoms with E-state index < -0.39 is 0 Å².